The minimum Gasteiger partial charge on any atom is -0.462 e. The molecule has 0 saturated carbocycles. The maximum Gasteiger partial charge on any atom is 0.306 e. The van der Waals surface area contributed by atoms with Crippen LogP contribution < -0.4 is 0 Å². The minimum atomic E-state index is -0.764. The van der Waals surface area contributed by atoms with Crippen molar-refractivity contribution in [2.24, 2.45) is 11.8 Å². The summed E-state index contributed by atoms with van der Waals surface area (Å²) >= 11 is 0. The van der Waals surface area contributed by atoms with Crippen LogP contribution in [0.2, 0.25) is 0 Å². The third kappa shape index (κ3) is 61.5. The van der Waals surface area contributed by atoms with Gasteiger partial charge in [-0.2, -0.15) is 0 Å². The average Bonchev–Trinajstić information content (AvgIpc) is 3.40. The number of ether oxygens (including phenoxy) is 3. The van der Waals surface area contributed by atoms with Crippen molar-refractivity contribution in [3.63, 3.8) is 0 Å². The second kappa shape index (κ2) is 61.6. The number of carbonyl (C=O) groups excluding carboxylic acids is 3. The summed E-state index contributed by atoms with van der Waals surface area (Å²) in [6.07, 6.45) is 69.6. The SMILES string of the molecule is CCCCCCCCCCCCCCCCCCCCC(=O)OC[C@H](COC(=O)CCCCCCCCCCCCCCCCC(C)CC)OC(=O)CCCCCCCCCCCCCCCCCCCCC(C)C. The third-order valence-corrected chi connectivity index (χ3v) is 16.3. The Bertz CT molecular complexity index is 1150. The lowest BCUT2D eigenvalue weighted by Crippen LogP contribution is -2.30. The molecule has 75 heavy (non-hydrogen) atoms. The van der Waals surface area contributed by atoms with Gasteiger partial charge in [-0.1, -0.05) is 356 Å². The molecule has 2 atom stereocenters. The molecule has 0 saturated heterocycles. The number of esters is 3. The van der Waals surface area contributed by atoms with Gasteiger partial charge in [0.2, 0.25) is 0 Å². The van der Waals surface area contributed by atoms with Gasteiger partial charge in [-0.25, -0.2) is 0 Å². The first-order valence-electron chi connectivity index (χ1n) is 34.3. The van der Waals surface area contributed by atoms with E-state index in [2.05, 4.69) is 34.6 Å². The summed E-state index contributed by atoms with van der Waals surface area (Å²) in [5.74, 6) is 0.928. The van der Waals surface area contributed by atoms with Gasteiger partial charge in [0, 0.05) is 19.3 Å². The Balaban J connectivity index is 4.28. The fourth-order valence-electron chi connectivity index (χ4n) is 10.8. The largest absolute Gasteiger partial charge is 0.462 e. The van der Waals surface area contributed by atoms with Crippen LogP contribution in [0.5, 0.6) is 0 Å². The molecular weight excluding hydrogens is 925 g/mol. The first-order chi connectivity index (χ1) is 36.8. The highest BCUT2D eigenvalue weighted by Gasteiger charge is 2.20. The molecular formula is C69H134O6. The van der Waals surface area contributed by atoms with Crippen LogP contribution in [0.15, 0.2) is 0 Å². The van der Waals surface area contributed by atoms with E-state index < -0.39 is 6.10 Å². The predicted molar refractivity (Wildman–Crippen MR) is 326 cm³/mol. The Hall–Kier alpha value is -1.59. The molecule has 0 spiro atoms. The standard InChI is InChI=1S/C69H134O6/c1-6-8-9-10-11-12-13-14-15-16-20-23-29-34-39-44-49-54-59-67(70)73-62-66(63-74-68(71)60-55-50-45-40-35-30-26-25-28-33-38-43-48-53-58-65(5)7-2)75-69(72)61-56-51-46-41-36-31-24-21-18-17-19-22-27-32-37-42-47-52-57-64(3)4/h64-66H,6-63H2,1-5H3/t65?,66-/m1/s1. The molecule has 0 aromatic rings. The molecule has 0 aliphatic rings. The van der Waals surface area contributed by atoms with E-state index in [9.17, 15) is 14.4 Å². The maximum atomic E-state index is 12.9. The fourth-order valence-corrected chi connectivity index (χ4v) is 10.8. The quantitative estimate of drug-likeness (QED) is 0.0343. The Morgan fingerprint density at radius 1 is 0.280 bits per heavy atom. The topological polar surface area (TPSA) is 78.9 Å². The zero-order valence-corrected chi connectivity index (χ0v) is 51.7. The van der Waals surface area contributed by atoms with Crippen LogP contribution >= 0.6 is 0 Å². The molecule has 6 nitrogen and oxygen atoms in total. The third-order valence-electron chi connectivity index (χ3n) is 16.3. The molecule has 0 aliphatic heterocycles. The van der Waals surface area contributed by atoms with Crippen molar-refractivity contribution in [1.82, 2.24) is 0 Å². The second-order valence-corrected chi connectivity index (χ2v) is 24.5. The fraction of sp³-hybridized carbons (Fsp3) is 0.957. The molecule has 0 bridgehead atoms. The average molecular weight is 1060 g/mol. The molecule has 6 heteroatoms. The second-order valence-electron chi connectivity index (χ2n) is 24.5. The summed E-state index contributed by atoms with van der Waals surface area (Å²) in [6.45, 7) is 11.5. The van der Waals surface area contributed by atoms with Gasteiger partial charge in [-0.3, -0.25) is 14.4 Å². The Kier molecular flexibility index (Phi) is 60.3. The molecule has 0 amide bonds. The molecule has 0 radical (unpaired) electrons. The van der Waals surface area contributed by atoms with Gasteiger partial charge in [-0.15, -0.1) is 0 Å². The number of rotatable bonds is 63. The molecule has 0 aliphatic carbocycles. The molecule has 0 fully saturated rings. The monoisotopic (exact) mass is 1060 g/mol. The first kappa shape index (κ1) is 73.4. The maximum absolute atomic E-state index is 12.9. The van der Waals surface area contributed by atoms with Gasteiger partial charge in [0.05, 0.1) is 0 Å². The van der Waals surface area contributed by atoms with E-state index in [-0.39, 0.29) is 31.1 Å². The van der Waals surface area contributed by atoms with E-state index in [0.717, 1.165) is 69.6 Å². The van der Waals surface area contributed by atoms with Crippen LogP contribution in [-0.2, 0) is 28.6 Å². The van der Waals surface area contributed by atoms with Crippen LogP contribution in [0.3, 0.4) is 0 Å². The van der Waals surface area contributed by atoms with Gasteiger partial charge in [0.25, 0.3) is 0 Å². The van der Waals surface area contributed by atoms with Crippen LogP contribution in [0.25, 0.3) is 0 Å². The van der Waals surface area contributed by atoms with Crippen LogP contribution in [0.4, 0.5) is 0 Å². The van der Waals surface area contributed by atoms with Crippen LogP contribution in [0.1, 0.15) is 394 Å². The molecule has 0 N–H and O–H groups in total. The highest BCUT2D eigenvalue weighted by molar-refractivity contribution is 5.71. The predicted octanol–water partition coefficient (Wildman–Crippen LogP) is 23.2. The summed E-state index contributed by atoms with van der Waals surface area (Å²) < 4.78 is 17.0. The normalized spacial score (nSPS) is 12.4. The van der Waals surface area contributed by atoms with Crippen LogP contribution in [-0.4, -0.2) is 37.2 Å². The molecule has 0 rings (SSSR count). The lowest BCUT2D eigenvalue weighted by atomic mass is 9.99. The van der Waals surface area contributed by atoms with E-state index in [1.54, 1.807) is 0 Å². The van der Waals surface area contributed by atoms with E-state index in [4.69, 9.17) is 14.2 Å². The Labute approximate surface area is 469 Å². The summed E-state index contributed by atoms with van der Waals surface area (Å²) in [5, 5.41) is 0. The van der Waals surface area contributed by atoms with E-state index in [1.807, 2.05) is 0 Å². The zero-order valence-electron chi connectivity index (χ0n) is 51.7. The summed E-state index contributed by atoms with van der Waals surface area (Å²) in [7, 11) is 0. The lowest BCUT2D eigenvalue weighted by Gasteiger charge is -2.18. The van der Waals surface area contributed by atoms with Crippen molar-refractivity contribution >= 4 is 17.9 Å². The number of hydrogen-bond acceptors (Lipinski definition) is 6. The van der Waals surface area contributed by atoms with E-state index in [1.165, 1.54) is 283 Å². The molecule has 0 aromatic heterocycles. The summed E-state index contributed by atoms with van der Waals surface area (Å²) in [6, 6.07) is 0. The minimum absolute atomic E-state index is 0.0613. The van der Waals surface area contributed by atoms with Gasteiger partial charge in [0.1, 0.15) is 13.2 Å². The van der Waals surface area contributed by atoms with Gasteiger partial charge >= 0.3 is 17.9 Å². The molecule has 1 unspecified atom stereocenters. The van der Waals surface area contributed by atoms with E-state index >= 15 is 0 Å². The molecule has 0 aromatic carbocycles. The highest BCUT2D eigenvalue weighted by Crippen LogP contribution is 2.20. The smallest absolute Gasteiger partial charge is 0.306 e. The van der Waals surface area contributed by atoms with Crippen molar-refractivity contribution in [1.29, 1.82) is 0 Å². The number of carbonyl (C=O) groups is 3. The molecule has 446 valence electrons. The zero-order chi connectivity index (χ0) is 54.6. The Morgan fingerprint density at radius 3 is 0.760 bits per heavy atom. The van der Waals surface area contributed by atoms with Crippen molar-refractivity contribution in [2.45, 2.75) is 400 Å². The van der Waals surface area contributed by atoms with Crippen molar-refractivity contribution in [3.8, 4) is 0 Å². The highest BCUT2D eigenvalue weighted by atomic mass is 16.6. The molecule has 0 heterocycles. The lowest BCUT2D eigenvalue weighted by molar-refractivity contribution is -0.167. The van der Waals surface area contributed by atoms with E-state index in [0.29, 0.717) is 19.3 Å². The Morgan fingerprint density at radius 2 is 0.507 bits per heavy atom. The van der Waals surface area contributed by atoms with Gasteiger partial charge in [0.15, 0.2) is 6.10 Å². The van der Waals surface area contributed by atoms with Gasteiger partial charge in [-0.05, 0) is 31.1 Å². The van der Waals surface area contributed by atoms with Crippen molar-refractivity contribution in [3.05, 3.63) is 0 Å². The van der Waals surface area contributed by atoms with Crippen molar-refractivity contribution in [2.75, 3.05) is 13.2 Å². The first-order valence-corrected chi connectivity index (χ1v) is 34.3. The number of hydrogen-bond donors (Lipinski definition) is 0. The summed E-state index contributed by atoms with van der Waals surface area (Å²) in [5.41, 5.74) is 0. The number of unbranched alkanes of at least 4 members (excludes halogenated alkanes) is 47. The van der Waals surface area contributed by atoms with Gasteiger partial charge < -0.3 is 14.2 Å². The van der Waals surface area contributed by atoms with Crippen LogP contribution in [0, 0.1) is 11.8 Å². The van der Waals surface area contributed by atoms with Crippen molar-refractivity contribution < 1.29 is 28.6 Å². The summed E-state index contributed by atoms with van der Waals surface area (Å²) in [4.78, 5) is 38.4.